The van der Waals surface area contributed by atoms with E-state index in [-0.39, 0.29) is 24.0 Å². The Morgan fingerprint density at radius 2 is 1.83 bits per heavy atom. The number of aliphatic imine (C=N–C) groups is 1. The second-order valence-corrected chi connectivity index (χ2v) is 7.92. The molecule has 2 fully saturated rings. The van der Waals surface area contributed by atoms with Gasteiger partial charge in [-0.3, -0.25) is 4.99 Å². The van der Waals surface area contributed by atoms with Crippen molar-refractivity contribution >= 4 is 29.9 Å². The number of nitrogens with zero attached hydrogens (tertiary/aromatic N) is 2. The minimum Gasteiger partial charge on any atom is -0.490 e. The number of likely N-dealkylation sites (tertiary alicyclic amines) is 1. The molecule has 1 unspecified atom stereocenters. The van der Waals surface area contributed by atoms with Crippen molar-refractivity contribution in [3.63, 3.8) is 0 Å². The molecule has 2 aliphatic rings. The maximum absolute atomic E-state index is 5.74. The van der Waals surface area contributed by atoms with Gasteiger partial charge in [0.25, 0.3) is 0 Å². The number of rotatable bonds is 11. The van der Waals surface area contributed by atoms with Gasteiger partial charge < -0.3 is 25.0 Å². The predicted molar refractivity (Wildman–Crippen MR) is 135 cm³/mol. The van der Waals surface area contributed by atoms with Crippen molar-refractivity contribution in [3.8, 4) is 11.5 Å². The molecule has 1 atom stereocenters. The molecule has 0 amide bonds. The van der Waals surface area contributed by atoms with Crippen LogP contribution in [-0.2, 0) is 6.42 Å². The zero-order valence-electron chi connectivity index (χ0n) is 18.8. The van der Waals surface area contributed by atoms with Crippen molar-refractivity contribution < 1.29 is 9.47 Å². The summed E-state index contributed by atoms with van der Waals surface area (Å²) in [6, 6.07) is 7.09. The molecule has 30 heavy (non-hydrogen) atoms. The van der Waals surface area contributed by atoms with Gasteiger partial charge in [0.15, 0.2) is 17.5 Å². The van der Waals surface area contributed by atoms with Crippen molar-refractivity contribution in [3.05, 3.63) is 23.8 Å². The van der Waals surface area contributed by atoms with Crippen LogP contribution in [0.5, 0.6) is 11.5 Å². The molecular formula is C23H39IN4O2. The summed E-state index contributed by atoms with van der Waals surface area (Å²) in [6.07, 6.45) is 5.00. The van der Waals surface area contributed by atoms with Crippen LogP contribution in [0.25, 0.3) is 0 Å². The quantitative estimate of drug-likeness (QED) is 0.260. The molecular weight excluding hydrogens is 491 g/mol. The molecule has 1 aliphatic carbocycles. The second kappa shape index (κ2) is 13.2. The summed E-state index contributed by atoms with van der Waals surface area (Å²) in [5, 5.41) is 6.86. The summed E-state index contributed by atoms with van der Waals surface area (Å²) in [5.41, 5.74) is 1.23. The van der Waals surface area contributed by atoms with Crippen LogP contribution >= 0.6 is 24.0 Å². The van der Waals surface area contributed by atoms with Crippen molar-refractivity contribution in [2.75, 3.05) is 45.9 Å². The molecule has 1 saturated heterocycles. The van der Waals surface area contributed by atoms with Gasteiger partial charge in [0.05, 0.1) is 13.2 Å². The molecule has 0 spiro atoms. The number of guanidine groups is 1. The summed E-state index contributed by atoms with van der Waals surface area (Å²) in [6.45, 7) is 12.5. The Morgan fingerprint density at radius 1 is 1.07 bits per heavy atom. The first-order valence-corrected chi connectivity index (χ1v) is 11.4. The average molecular weight is 530 g/mol. The van der Waals surface area contributed by atoms with E-state index in [9.17, 15) is 0 Å². The van der Waals surface area contributed by atoms with Crippen molar-refractivity contribution in [2.45, 2.75) is 52.5 Å². The van der Waals surface area contributed by atoms with Gasteiger partial charge in [-0.25, -0.2) is 0 Å². The van der Waals surface area contributed by atoms with E-state index < -0.39 is 0 Å². The standard InChI is InChI=1S/C23H38N4O2.HI/c1-4-24-23(26-16-19-12-14-27(17-19)20-8-9-20)25-13-11-18-7-10-21(28-5-2)22(15-18)29-6-3;/h7,10,15,19-20H,4-6,8-9,11-14,16-17H2,1-3H3,(H2,24,25,26);1H. The van der Waals surface area contributed by atoms with E-state index in [0.717, 1.165) is 49.6 Å². The maximum Gasteiger partial charge on any atom is 0.191 e. The normalized spacial score (nSPS) is 19.3. The topological polar surface area (TPSA) is 58.1 Å². The van der Waals surface area contributed by atoms with Gasteiger partial charge in [-0.05, 0) is 76.6 Å². The van der Waals surface area contributed by atoms with Gasteiger partial charge in [0, 0.05) is 32.2 Å². The van der Waals surface area contributed by atoms with E-state index in [0.29, 0.717) is 19.1 Å². The first-order chi connectivity index (χ1) is 14.2. The van der Waals surface area contributed by atoms with E-state index in [1.165, 1.54) is 37.9 Å². The highest BCUT2D eigenvalue weighted by Gasteiger charge is 2.34. The number of benzene rings is 1. The molecule has 7 heteroatoms. The number of hydrogen-bond donors (Lipinski definition) is 2. The zero-order chi connectivity index (χ0) is 20.5. The van der Waals surface area contributed by atoms with Crippen LogP contribution in [0.3, 0.4) is 0 Å². The van der Waals surface area contributed by atoms with Crippen LogP contribution in [0.4, 0.5) is 0 Å². The molecule has 0 bridgehead atoms. The third-order valence-corrected chi connectivity index (χ3v) is 5.55. The van der Waals surface area contributed by atoms with Crippen LogP contribution < -0.4 is 20.1 Å². The lowest BCUT2D eigenvalue weighted by atomic mass is 10.1. The van der Waals surface area contributed by atoms with Crippen LogP contribution in [0.2, 0.25) is 0 Å². The highest BCUT2D eigenvalue weighted by molar-refractivity contribution is 14.0. The van der Waals surface area contributed by atoms with Crippen molar-refractivity contribution in [1.29, 1.82) is 0 Å². The lowest BCUT2D eigenvalue weighted by Crippen LogP contribution is -2.38. The number of nitrogens with one attached hydrogen (secondary N) is 2. The largest absolute Gasteiger partial charge is 0.490 e. The van der Waals surface area contributed by atoms with Crippen LogP contribution in [-0.4, -0.2) is 62.8 Å². The lowest BCUT2D eigenvalue weighted by molar-refractivity contribution is 0.287. The fraction of sp³-hybridized carbons (Fsp3) is 0.696. The predicted octanol–water partition coefficient (Wildman–Crippen LogP) is 3.68. The Morgan fingerprint density at radius 3 is 2.53 bits per heavy atom. The Labute approximate surface area is 199 Å². The van der Waals surface area contributed by atoms with Crippen molar-refractivity contribution in [2.24, 2.45) is 10.9 Å². The van der Waals surface area contributed by atoms with Gasteiger partial charge >= 0.3 is 0 Å². The molecule has 1 saturated carbocycles. The smallest absolute Gasteiger partial charge is 0.191 e. The molecule has 3 rings (SSSR count). The monoisotopic (exact) mass is 530 g/mol. The minimum absolute atomic E-state index is 0. The molecule has 1 aromatic carbocycles. The fourth-order valence-electron chi connectivity index (χ4n) is 3.92. The Balaban J connectivity index is 0.00000320. The van der Waals surface area contributed by atoms with E-state index >= 15 is 0 Å². The van der Waals surface area contributed by atoms with Gasteiger partial charge in [0.2, 0.25) is 0 Å². The van der Waals surface area contributed by atoms with Gasteiger partial charge in [-0.2, -0.15) is 0 Å². The summed E-state index contributed by atoms with van der Waals surface area (Å²) >= 11 is 0. The van der Waals surface area contributed by atoms with Crippen LogP contribution in [0, 0.1) is 5.92 Å². The summed E-state index contributed by atoms with van der Waals surface area (Å²) in [7, 11) is 0. The highest BCUT2D eigenvalue weighted by atomic mass is 127. The maximum atomic E-state index is 5.74. The van der Waals surface area contributed by atoms with E-state index in [1.54, 1.807) is 0 Å². The Kier molecular flexibility index (Phi) is 11.1. The third-order valence-electron chi connectivity index (χ3n) is 5.55. The number of halogens is 1. The summed E-state index contributed by atoms with van der Waals surface area (Å²) < 4.78 is 11.4. The first-order valence-electron chi connectivity index (χ1n) is 11.4. The van der Waals surface area contributed by atoms with E-state index in [1.807, 2.05) is 19.9 Å². The fourth-order valence-corrected chi connectivity index (χ4v) is 3.92. The van der Waals surface area contributed by atoms with Gasteiger partial charge in [-0.1, -0.05) is 6.07 Å². The number of ether oxygens (including phenoxy) is 2. The van der Waals surface area contributed by atoms with Gasteiger partial charge in [0.1, 0.15) is 0 Å². The summed E-state index contributed by atoms with van der Waals surface area (Å²) in [5.74, 6) is 3.27. The van der Waals surface area contributed by atoms with E-state index in [4.69, 9.17) is 14.5 Å². The van der Waals surface area contributed by atoms with E-state index in [2.05, 4.69) is 34.6 Å². The molecule has 6 nitrogen and oxygen atoms in total. The molecule has 1 aliphatic heterocycles. The lowest BCUT2D eigenvalue weighted by Gasteiger charge is -2.15. The second-order valence-electron chi connectivity index (χ2n) is 7.92. The Bertz CT molecular complexity index is 667. The molecule has 1 aromatic rings. The molecule has 170 valence electrons. The molecule has 0 aromatic heterocycles. The van der Waals surface area contributed by atoms with Crippen molar-refractivity contribution in [1.82, 2.24) is 15.5 Å². The Hall–Kier alpha value is -1.22. The van der Waals surface area contributed by atoms with Crippen LogP contribution in [0.15, 0.2) is 23.2 Å². The minimum atomic E-state index is 0. The molecule has 2 N–H and O–H groups in total. The summed E-state index contributed by atoms with van der Waals surface area (Å²) in [4.78, 5) is 7.50. The number of hydrogen-bond acceptors (Lipinski definition) is 4. The SMILES string of the molecule is CCNC(=NCC1CCN(C2CC2)C1)NCCc1ccc(OCC)c(OCC)c1.I. The molecule has 1 heterocycles. The van der Waals surface area contributed by atoms with Gasteiger partial charge in [-0.15, -0.1) is 24.0 Å². The molecule has 0 radical (unpaired) electrons. The zero-order valence-corrected chi connectivity index (χ0v) is 21.1. The third kappa shape index (κ3) is 7.80. The highest BCUT2D eigenvalue weighted by Crippen LogP contribution is 2.31. The average Bonchev–Trinajstić information content (AvgIpc) is 3.46. The van der Waals surface area contributed by atoms with Crippen LogP contribution in [0.1, 0.15) is 45.6 Å². The first kappa shape index (κ1) is 25.0.